The molecular formula is C15H23ClN4. The maximum atomic E-state index is 6.32. The Morgan fingerprint density at radius 3 is 2.65 bits per heavy atom. The van der Waals surface area contributed by atoms with Gasteiger partial charge in [-0.25, -0.2) is 9.97 Å². The fraction of sp³-hybridized carbons (Fsp3) is 0.733. The van der Waals surface area contributed by atoms with Crippen molar-refractivity contribution in [2.75, 3.05) is 31.6 Å². The first-order valence-electron chi connectivity index (χ1n) is 7.59. The predicted molar refractivity (Wildman–Crippen MR) is 82.7 cm³/mol. The highest BCUT2D eigenvalue weighted by molar-refractivity contribution is 6.30. The summed E-state index contributed by atoms with van der Waals surface area (Å²) in [7, 11) is 2.21. The van der Waals surface area contributed by atoms with Crippen molar-refractivity contribution in [1.29, 1.82) is 0 Å². The van der Waals surface area contributed by atoms with Crippen LogP contribution in [0.1, 0.15) is 43.5 Å². The number of nitrogens with zero attached hydrogens (tertiary/aromatic N) is 4. The van der Waals surface area contributed by atoms with E-state index in [1.807, 2.05) is 6.92 Å². The third kappa shape index (κ3) is 2.63. The van der Waals surface area contributed by atoms with E-state index in [-0.39, 0.29) is 0 Å². The van der Waals surface area contributed by atoms with Gasteiger partial charge in [0.1, 0.15) is 16.8 Å². The highest BCUT2D eigenvalue weighted by Gasteiger charge is 2.30. The first-order valence-corrected chi connectivity index (χ1v) is 7.97. The summed E-state index contributed by atoms with van der Waals surface area (Å²) < 4.78 is 0. The van der Waals surface area contributed by atoms with Crippen molar-refractivity contribution < 1.29 is 0 Å². The SMILES string of the molecule is CCC1CN(c2nc(C3CC3)nc(Cl)c2C)CCN1C. The lowest BCUT2D eigenvalue weighted by Crippen LogP contribution is -2.51. The van der Waals surface area contributed by atoms with Gasteiger partial charge in [-0.2, -0.15) is 0 Å². The van der Waals surface area contributed by atoms with Crippen LogP contribution in [0.5, 0.6) is 0 Å². The minimum absolute atomic E-state index is 0.543. The number of hydrogen-bond acceptors (Lipinski definition) is 4. The van der Waals surface area contributed by atoms with Gasteiger partial charge in [0.05, 0.1) is 0 Å². The number of likely N-dealkylation sites (N-methyl/N-ethyl adjacent to an activating group) is 1. The van der Waals surface area contributed by atoms with E-state index in [1.165, 1.54) is 19.3 Å². The molecule has 2 fully saturated rings. The van der Waals surface area contributed by atoms with Crippen LogP contribution in [0, 0.1) is 6.92 Å². The molecule has 4 nitrogen and oxygen atoms in total. The molecule has 0 spiro atoms. The Morgan fingerprint density at radius 2 is 2.00 bits per heavy atom. The number of anilines is 1. The van der Waals surface area contributed by atoms with Crippen molar-refractivity contribution in [2.45, 2.75) is 45.1 Å². The Morgan fingerprint density at radius 1 is 1.25 bits per heavy atom. The molecule has 1 unspecified atom stereocenters. The Balaban J connectivity index is 1.89. The topological polar surface area (TPSA) is 32.3 Å². The molecule has 0 bridgehead atoms. The van der Waals surface area contributed by atoms with Gasteiger partial charge in [0.25, 0.3) is 0 Å². The van der Waals surface area contributed by atoms with E-state index >= 15 is 0 Å². The molecule has 1 aliphatic carbocycles. The minimum atomic E-state index is 0.543. The summed E-state index contributed by atoms with van der Waals surface area (Å²) in [6.07, 6.45) is 3.58. The van der Waals surface area contributed by atoms with E-state index in [0.29, 0.717) is 17.1 Å². The van der Waals surface area contributed by atoms with Crippen molar-refractivity contribution >= 4 is 17.4 Å². The summed E-state index contributed by atoms with van der Waals surface area (Å²) in [6, 6.07) is 0.598. The fourth-order valence-electron chi connectivity index (χ4n) is 2.91. The van der Waals surface area contributed by atoms with Gasteiger partial charge in [-0.15, -0.1) is 0 Å². The first-order chi connectivity index (χ1) is 9.60. The molecule has 20 heavy (non-hydrogen) atoms. The molecular weight excluding hydrogens is 272 g/mol. The van der Waals surface area contributed by atoms with Crippen LogP contribution in [0.25, 0.3) is 0 Å². The number of halogens is 1. The molecule has 2 aliphatic rings. The molecule has 1 saturated carbocycles. The highest BCUT2D eigenvalue weighted by atomic mass is 35.5. The second-order valence-corrected chi connectivity index (χ2v) is 6.44. The monoisotopic (exact) mass is 294 g/mol. The average Bonchev–Trinajstić information content (AvgIpc) is 3.27. The maximum Gasteiger partial charge on any atom is 0.137 e. The van der Waals surface area contributed by atoms with Gasteiger partial charge in [0, 0.05) is 37.2 Å². The van der Waals surface area contributed by atoms with Gasteiger partial charge in [-0.1, -0.05) is 18.5 Å². The molecule has 0 aromatic carbocycles. The smallest absolute Gasteiger partial charge is 0.137 e. The molecule has 0 radical (unpaired) electrons. The molecule has 110 valence electrons. The third-order valence-corrected chi connectivity index (χ3v) is 4.94. The van der Waals surface area contributed by atoms with E-state index in [1.54, 1.807) is 0 Å². The molecule has 1 atom stereocenters. The molecule has 2 heterocycles. The van der Waals surface area contributed by atoms with Gasteiger partial charge in [-0.05, 0) is 33.2 Å². The van der Waals surface area contributed by atoms with Crippen molar-refractivity contribution in [2.24, 2.45) is 0 Å². The van der Waals surface area contributed by atoms with Crippen LogP contribution in [-0.4, -0.2) is 47.6 Å². The quantitative estimate of drug-likeness (QED) is 0.803. The summed E-state index contributed by atoms with van der Waals surface area (Å²) in [6.45, 7) is 7.42. The minimum Gasteiger partial charge on any atom is -0.353 e. The summed E-state index contributed by atoms with van der Waals surface area (Å²) in [5, 5.41) is 0.629. The van der Waals surface area contributed by atoms with Gasteiger partial charge >= 0.3 is 0 Å². The van der Waals surface area contributed by atoms with Gasteiger partial charge in [0.15, 0.2) is 0 Å². The zero-order valence-electron chi connectivity index (χ0n) is 12.6. The standard InChI is InChI=1S/C15H23ClN4/c1-4-12-9-20(8-7-19(12)3)15-10(2)13(16)17-14(18-15)11-5-6-11/h11-12H,4-9H2,1-3H3. The summed E-state index contributed by atoms with van der Waals surface area (Å²) in [5.74, 6) is 2.54. The summed E-state index contributed by atoms with van der Waals surface area (Å²) >= 11 is 6.32. The molecule has 1 saturated heterocycles. The average molecular weight is 295 g/mol. The van der Waals surface area contributed by atoms with Crippen molar-refractivity contribution in [1.82, 2.24) is 14.9 Å². The number of piperazine rings is 1. The second-order valence-electron chi connectivity index (χ2n) is 6.08. The summed E-state index contributed by atoms with van der Waals surface area (Å²) in [4.78, 5) is 14.1. The molecule has 0 amide bonds. The van der Waals surface area contributed by atoms with Crippen molar-refractivity contribution in [3.05, 3.63) is 16.5 Å². The van der Waals surface area contributed by atoms with Crippen LogP contribution in [0.4, 0.5) is 5.82 Å². The van der Waals surface area contributed by atoms with Crippen LogP contribution in [0.3, 0.4) is 0 Å². The van der Waals surface area contributed by atoms with Crippen molar-refractivity contribution in [3.8, 4) is 0 Å². The summed E-state index contributed by atoms with van der Waals surface area (Å²) in [5.41, 5.74) is 1.02. The number of rotatable bonds is 3. The number of aromatic nitrogens is 2. The van der Waals surface area contributed by atoms with Gasteiger partial charge < -0.3 is 4.90 Å². The maximum absolute atomic E-state index is 6.32. The fourth-order valence-corrected chi connectivity index (χ4v) is 3.08. The molecule has 1 aromatic rings. The van der Waals surface area contributed by atoms with E-state index in [4.69, 9.17) is 16.6 Å². The predicted octanol–water partition coefficient (Wildman–Crippen LogP) is 2.85. The lowest BCUT2D eigenvalue weighted by Gasteiger charge is -2.40. The molecule has 1 aromatic heterocycles. The molecule has 5 heteroatoms. The Labute approximate surface area is 126 Å². The second kappa shape index (κ2) is 5.49. The molecule has 0 N–H and O–H groups in total. The van der Waals surface area contributed by atoms with Crippen LogP contribution >= 0.6 is 11.6 Å². The third-order valence-electron chi connectivity index (χ3n) is 4.57. The Hall–Kier alpha value is -0.870. The van der Waals surface area contributed by atoms with Gasteiger partial charge in [-0.3, -0.25) is 4.90 Å². The number of hydrogen-bond donors (Lipinski definition) is 0. The van der Waals surface area contributed by atoms with Crippen LogP contribution < -0.4 is 4.90 Å². The van der Waals surface area contributed by atoms with Crippen LogP contribution in [0.15, 0.2) is 0 Å². The Kier molecular flexibility index (Phi) is 3.87. The van der Waals surface area contributed by atoms with E-state index in [9.17, 15) is 0 Å². The normalized spacial score (nSPS) is 24.2. The molecule has 3 rings (SSSR count). The van der Waals surface area contributed by atoms with Crippen LogP contribution in [0.2, 0.25) is 5.15 Å². The molecule has 1 aliphatic heterocycles. The highest BCUT2D eigenvalue weighted by Crippen LogP contribution is 2.40. The first kappa shape index (κ1) is 14.1. The Bertz CT molecular complexity index is 501. The van der Waals surface area contributed by atoms with E-state index < -0.39 is 0 Å². The largest absolute Gasteiger partial charge is 0.353 e. The van der Waals surface area contributed by atoms with Crippen molar-refractivity contribution in [3.63, 3.8) is 0 Å². The lowest BCUT2D eigenvalue weighted by atomic mass is 10.1. The van der Waals surface area contributed by atoms with E-state index in [2.05, 4.69) is 28.8 Å². The lowest BCUT2D eigenvalue weighted by molar-refractivity contribution is 0.212. The van der Waals surface area contributed by atoms with E-state index in [0.717, 1.165) is 36.8 Å². The van der Waals surface area contributed by atoms with Gasteiger partial charge in [0.2, 0.25) is 0 Å². The van der Waals surface area contributed by atoms with Crippen LogP contribution in [-0.2, 0) is 0 Å². The zero-order chi connectivity index (χ0) is 14.3. The zero-order valence-corrected chi connectivity index (χ0v) is 13.3.